The van der Waals surface area contributed by atoms with Crippen LogP contribution in [0.25, 0.3) is 0 Å². The standard InChI is InChI=1S/C14H15N.BF4/c1-14(15,12-8-4-2-5-9-12)13-10-6-3-7-11-13;2-1(3,4)5/h2-11H,15H2,1H3;/q;-1/p+1. The third-order valence-corrected chi connectivity index (χ3v) is 2.82. The first-order valence-electron chi connectivity index (χ1n) is 6.05. The van der Waals surface area contributed by atoms with Crippen molar-refractivity contribution in [2.75, 3.05) is 0 Å². The number of hydrogen-bond donors (Lipinski definition) is 1. The van der Waals surface area contributed by atoms with E-state index in [0.29, 0.717) is 0 Å². The zero-order valence-corrected chi connectivity index (χ0v) is 11.1. The minimum absolute atomic E-state index is 0.164. The number of hydrogen-bond acceptors (Lipinski definition) is 0. The predicted octanol–water partition coefficient (Wildman–Crippen LogP) is 3.49. The first kappa shape index (κ1) is 16.2. The van der Waals surface area contributed by atoms with Crippen molar-refractivity contribution in [1.82, 2.24) is 0 Å². The van der Waals surface area contributed by atoms with E-state index < -0.39 is 7.25 Å². The van der Waals surface area contributed by atoms with Crippen LogP contribution in [0.5, 0.6) is 0 Å². The minimum atomic E-state index is -6.00. The topological polar surface area (TPSA) is 27.6 Å². The smallest absolute Gasteiger partial charge is 0.418 e. The summed E-state index contributed by atoms with van der Waals surface area (Å²) in [5, 5.41) is 0. The van der Waals surface area contributed by atoms with E-state index in [1.54, 1.807) is 0 Å². The van der Waals surface area contributed by atoms with E-state index >= 15 is 0 Å². The molecule has 0 heterocycles. The summed E-state index contributed by atoms with van der Waals surface area (Å²) in [4.78, 5) is 0. The van der Waals surface area contributed by atoms with E-state index in [4.69, 9.17) is 0 Å². The molecule has 0 amide bonds. The van der Waals surface area contributed by atoms with E-state index in [0.717, 1.165) is 0 Å². The highest BCUT2D eigenvalue weighted by Gasteiger charge is 2.27. The van der Waals surface area contributed by atoms with E-state index in [1.165, 1.54) is 11.1 Å². The van der Waals surface area contributed by atoms with Crippen molar-refractivity contribution in [1.29, 1.82) is 0 Å². The van der Waals surface area contributed by atoms with E-state index in [1.807, 2.05) is 12.1 Å². The summed E-state index contributed by atoms with van der Waals surface area (Å²) in [5.41, 5.74) is 6.64. The average Bonchev–Trinajstić information content (AvgIpc) is 2.39. The van der Waals surface area contributed by atoms with Gasteiger partial charge in [-0.1, -0.05) is 60.7 Å². The van der Waals surface area contributed by atoms with Crippen molar-refractivity contribution in [3.05, 3.63) is 71.8 Å². The summed E-state index contributed by atoms with van der Waals surface area (Å²) >= 11 is 0. The van der Waals surface area contributed by atoms with Gasteiger partial charge >= 0.3 is 7.25 Å². The molecule has 0 aromatic heterocycles. The van der Waals surface area contributed by atoms with E-state index in [9.17, 15) is 17.3 Å². The maximum Gasteiger partial charge on any atom is 0.673 e. The van der Waals surface area contributed by atoms with Crippen molar-refractivity contribution >= 4 is 7.25 Å². The van der Waals surface area contributed by atoms with Crippen LogP contribution in [0, 0.1) is 0 Å². The fourth-order valence-electron chi connectivity index (χ4n) is 1.78. The summed E-state index contributed by atoms with van der Waals surface area (Å²) in [6, 6.07) is 20.8. The van der Waals surface area contributed by atoms with Crippen molar-refractivity contribution in [3.63, 3.8) is 0 Å². The molecule has 0 spiro atoms. The highest BCUT2D eigenvalue weighted by Crippen LogP contribution is 2.23. The molecule has 0 aliphatic heterocycles. The second-order valence-electron chi connectivity index (χ2n) is 4.56. The molecule has 1 nitrogen and oxygen atoms in total. The second kappa shape index (κ2) is 6.57. The Labute approximate surface area is 115 Å². The lowest BCUT2D eigenvalue weighted by atomic mass is 9.86. The van der Waals surface area contributed by atoms with Crippen LogP contribution in [0.15, 0.2) is 60.7 Å². The first-order valence-corrected chi connectivity index (χ1v) is 6.05. The quantitative estimate of drug-likeness (QED) is 0.646. The van der Waals surface area contributed by atoms with E-state index in [2.05, 4.69) is 61.2 Å². The maximum absolute atomic E-state index is 9.75. The molecule has 3 N–H and O–H groups in total. The molecule has 0 atom stereocenters. The fourth-order valence-corrected chi connectivity index (χ4v) is 1.78. The van der Waals surface area contributed by atoms with Crippen molar-refractivity contribution in [2.24, 2.45) is 0 Å². The highest BCUT2D eigenvalue weighted by molar-refractivity contribution is 6.50. The van der Waals surface area contributed by atoms with Crippen LogP contribution in [-0.2, 0) is 5.54 Å². The van der Waals surface area contributed by atoms with Crippen LogP contribution in [0.1, 0.15) is 18.1 Å². The molecule has 0 saturated carbocycles. The number of rotatable bonds is 2. The normalized spacial score (nSPS) is 11.5. The fraction of sp³-hybridized carbons (Fsp3) is 0.143. The van der Waals surface area contributed by atoms with Crippen molar-refractivity contribution in [3.8, 4) is 0 Å². The third-order valence-electron chi connectivity index (χ3n) is 2.82. The lowest BCUT2D eigenvalue weighted by Gasteiger charge is -2.21. The molecule has 6 heteroatoms. The van der Waals surface area contributed by atoms with Gasteiger partial charge in [0, 0.05) is 11.1 Å². The first-order chi connectivity index (χ1) is 9.21. The van der Waals surface area contributed by atoms with Crippen molar-refractivity contribution < 1.29 is 23.0 Å². The molecule has 0 unspecified atom stereocenters. The molecule has 0 fully saturated rings. The molecule has 2 aromatic rings. The zero-order valence-electron chi connectivity index (χ0n) is 11.1. The molecule has 20 heavy (non-hydrogen) atoms. The number of benzene rings is 2. The minimum Gasteiger partial charge on any atom is -0.418 e. The van der Waals surface area contributed by atoms with Gasteiger partial charge < -0.3 is 23.0 Å². The Morgan fingerprint density at radius 3 is 1.25 bits per heavy atom. The van der Waals surface area contributed by atoms with Gasteiger partial charge in [0.15, 0.2) is 0 Å². The molecule has 2 aromatic carbocycles. The molecule has 2 rings (SSSR count). The lowest BCUT2D eigenvalue weighted by Crippen LogP contribution is -2.68. The predicted molar refractivity (Wildman–Crippen MR) is 72.4 cm³/mol. The van der Waals surface area contributed by atoms with Crippen LogP contribution < -0.4 is 5.73 Å². The zero-order chi connectivity index (χ0) is 15.2. The lowest BCUT2D eigenvalue weighted by molar-refractivity contribution is -0.465. The average molecular weight is 285 g/mol. The Morgan fingerprint density at radius 2 is 1.00 bits per heavy atom. The molecule has 0 bridgehead atoms. The van der Waals surface area contributed by atoms with Gasteiger partial charge in [0.05, 0.1) is 0 Å². The Balaban J connectivity index is 0.000000347. The van der Waals surface area contributed by atoms with Crippen molar-refractivity contribution in [2.45, 2.75) is 12.5 Å². The Bertz CT molecular complexity index is 464. The highest BCUT2D eigenvalue weighted by atomic mass is 19.5. The summed E-state index contributed by atoms with van der Waals surface area (Å²) in [7, 11) is -6.00. The summed E-state index contributed by atoms with van der Waals surface area (Å²) in [6.45, 7) is 2.15. The molecule has 0 saturated heterocycles. The van der Waals surface area contributed by atoms with Crippen LogP contribution in [0.3, 0.4) is 0 Å². The molecule has 108 valence electrons. The Hall–Kier alpha value is -1.82. The second-order valence-corrected chi connectivity index (χ2v) is 4.56. The molecule has 0 aliphatic rings. The van der Waals surface area contributed by atoms with Gasteiger partial charge in [-0.2, -0.15) is 0 Å². The van der Waals surface area contributed by atoms with Gasteiger partial charge in [-0.05, 0) is 6.92 Å². The van der Waals surface area contributed by atoms with Gasteiger partial charge in [0.25, 0.3) is 0 Å². The van der Waals surface area contributed by atoms with Gasteiger partial charge in [-0.3, -0.25) is 0 Å². The monoisotopic (exact) mass is 285 g/mol. The van der Waals surface area contributed by atoms with Gasteiger partial charge in [-0.15, -0.1) is 0 Å². The van der Waals surface area contributed by atoms with Crippen LogP contribution >= 0.6 is 0 Å². The summed E-state index contributed by atoms with van der Waals surface area (Å²) < 4.78 is 39.0. The summed E-state index contributed by atoms with van der Waals surface area (Å²) in [6.07, 6.45) is 0. The Morgan fingerprint density at radius 1 is 0.750 bits per heavy atom. The number of quaternary nitrogens is 1. The van der Waals surface area contributed by atoms with Crippen LogP contribution in [-0.4, -0.2) is 7.25 Å². The maximum atomic E-state index is 9.75. The van der Waals surface area contributed by atoms with Crippen LogP contribution in [0.4, 0.5) is 17.3 Å². The van der Waals surface area contributed by atoms with Gasteiger partial charge in [0.1, 0.15) is 5.54 Å². The SMILES string of the molecule is CC([NH3+])(c1ccccc1)c1ccccc1.F[B-](F)(F)F. The molecule has 0 radical (unpaired) electrons. The van der Waals surface area contributed by atoms with E-state index in [-0.39, 0.29) is 5.54 Å². The largest absolute Gasteiger partial charge is 0.673 e. The molecular formula is C14H16BF4N. The number of halogens is 4. The molecule has 0 aliphatic carbocycles. The van der Waals surface area contributed by atoms with Gasteiger partial charge in [-0.25, -0.2) is 0 Å². The van der Waals surface area contributed by atoms with Gasteiger partial charge in [0.2, 0.25) is 0 Å². The third kappa shape index (κ3) is 5.44. The summed E-state index contributed by atoms with van der Waals surface area (Å²) in [5.74, 6) is 0. The van der Waals surface area contributed by atoms with Crippen LogP contribution in [0.2, 0.25) is 0 Å². The molecular weight excluding hydrogens is 269 g/mol. The Kier molecular flexibility index (Phi) is 5.33.